The van der Waals surface area contributed by atoms with Gasteiger partial charge in [0.05, 0.1) is 6.26 Å². The summed E-state index contributed by atoms with van der Waals surface area (Å²) in [6.07, 6.45) is 1.37. The summed E-state index contributed by atoms with van der Waals surface area (Å²) < 4.78 is 30.4. The monoisotopic (exact) mass is 266 g/mol. The molecule has 0 amide bonds. The van der Waals surface area contributed by atoms with E-state index in [0.717, 1.165) is 0 Å². The van der Waals surface area contributed by atoms with Gasteiger partial charge in [-0.15, -0.1) is 12.4 Å². The van der Waals surface area contributed by atoms with Crippen molar-refractivity contribution in [2.75, 3.05) is 19.6 Å². The van der Waals surface area contributed by atoms with Crippen LogP contribution in [0.25, 0.3) is 0 Å². The molecule has 7 heteroatoms. The Balaban J connectivity index is 0.00000128. The van der Waals surface area contributed by atoms with Crippen LogP contribution >= 0.6 is 12.4 Å². The molecule has 1 fully saturated rings. The summed E-state index contributed by atoms with van der Waals surface area (Å²) in [5, 5.41) is 3.22. The zero-order chi connectivity index (χ0) is 10.9. The van der Waals surface area contributed by atoms with Gasteiger partial charge in [-0.25, -0.2) is 8.42 Å². The summed E-state index contributed by atoms with van der Waals surface area (Å²) in [6.45, 7) is 3.63. The maximum Gasteiger partial charge on any atom is 0.276 e. The molecule has 1 saturated heterocycles. The number of piperazine rings is 1. The number of sulfonamides is 1. The van der Waals surface area contributed by atoms with Gasteiger partial charge in [0.2, 0.25) is 5.09 Å². The number of rotatable bonds is 2. The Labute approximate surface area is 101 Å². The van der Waals surface area contributed by atoms with Gasteiger partial charge in [-0.3, -0.25) is 0 Å². The number of nitrogens with zero attached hydrogens (tertiary/aromatic N) is 1. The van der Waals surface area contributed by atoms with Gasteiger partial charge < -0.3 is 9.73 Å². The Morgan fingerprint density at radius 2 is 2.31 bits per heavy atom. The molecule has 1 aliphatic rings. The Morgan fingerprint density at radius 3 is 2.88 bits per heavy atom. The number of nitrogens with one attached hydrogen (secondary N) is 1. The lowest BCUT2D eigenvalue weighted by Gasteiger charge is -2.30. The Kier molecular flexibility index (Phi) is 4.37. The topological polar surface area (TPSA) is 62.6 Å². The maximum atomic E-state index is 12.0. The summed E-state index contributed by atoms with van der Waals surface area (Å²) in [7, 11) is -3.42. The highest BCUT2D eigenvalue weighted by Crippen LogP contribution is 2.17. The third-order valence-electron chi connectivity index (χ3n) is 2.42. The zero-order valence-electron chi connectivity index (χ0n) is 8.92. The van der Waals surface area contributed by atoms with Crippen molar-refractivity contribution in [2.45, 2.75) is 18.1 Å². The quantitative estimate of drug-likeness (QED) is 0.855. The van der Waals surface area contributed by atoms with Gasteiger partial charge in [0.15, 0.2) is 0 Å². The molecule has 1 aliphatic heterocycles. The minimum atomic E-state index is -3.42. The molecule has 0 aromatic carbocycles. The van der Waals surface area contributed by atoms with E-state index in [-0.39, 0.29) is 23.5 Å². The molecule has 1 aromatic rings. The van der Waals surface area contributed by atoms with Crippen LogP contribution < -0.4 is 5.32 Å². The average Bonchev–Trinajstić information content (AvgIpc) is 2.71. The molecule has 0 spiro atoms. The van der Waals surface area contributed by atoms with Crippen LogP contribution in [-0.4, -0.2) is 38.4 Å². The van der Waals surface area contributed by atoms with Crippen molar-refractivity contribution in [1.29, 1.82) is 0 Å². The number of halogens is 1. The van der Waals surface area contributed by atoms with Crippen LogP contribution in [0.5, 0.6) is 0 Å². The van der Waals surface area contributed by atoms with Gasteiger partial charge in [0, 0.05) is 25.7 Å². The highest BCUT2D eigenvalue weighted by Gasteiger charge is 2.30. The van der Waals surface area contributed by atoms with Gasteiger partial charge in [0.1, 0.15) is 0 Å². The fourth-order valence-corrected chi connectivity index (χ4v) is 3.09. The fourth-order valence-electron chi connectivity index (χ4n) is 1.65. The molecule has 2 rings (SSSR count). The van der Waals surface area contributed by atoms with Crippen LogP contribution in [0, 0.1) is 0 Å². The fraction of sp³-hybridized carbons (Fsp3) is 0.556. The Hall–Kier alpha value is -0.560. The SMILES string of the molecule is CC1CN(S(=O)(=O)c2ccco2)CCN1.Cl. The van der Waals surface area contributed by atoms with Gasteiger partial charge in [-0.05, 0) is 19.1 Å². The highest BCUT2D eigenvalue weighted by atomic mass is 35.5. The van der Waals surface area contributed by atoms with Crippen molar-refractivity contribution in [3.8, 4) is 0 Å². The van der Waals surface area contributed by atoms with E-state index in [2.05, 4.69) is 5.32 Å². The summed E-state index contributed by atoms with van der Waals surface area (Å²) in [5.41, 5.74) is 0. The van der Waals surface area contributed by atoms with E-state index in [4.69, 9.17) is 4.42 Å². The zero-order valence-corrected chi connectivity index (χ0v) is 10.6. The van der Waals surface area contributed by atoms with Gasteiger partial charge in [-0.1, -0.05) is 0 Å². The van der Waals surface area contributed by atoms with Crippen molar-refractivity contribution in [1.82, 2.24) is 9.62 Å². The van der Waals surface area contributed by atoms with Crippen LogP contribution in [0.2, 0.25) is 0 Å². The van der Waals surface area contributed by atoms with E-state index < -0.39 is 10.0 Å². The number of hydrogen-bond acceptors (Lipinski definition) is 4. The highest BCUT2D eigenvalue weighted by molar-refractivity contribution is 7.89. The molecule has 92 valence electrons. The summed E-state index contributed by atoms with van der Waals surface area (Å²) in [5.74, 6) is 0. The standard InChI is InChI=1S/C9H14N2O3S.ClH/c1-8-7-11(5-4-10-8)15(12,13)9-3-2-6-14-9;/h2-3,6,8,10H,4-5,7H2,1H3;1H. The van der Waals surface area contributed by atoms with Crippen molar-refractivity contribution in [2.24, 2.45) is 0 Å². The lowest BCUT2D eigenvalue weighted by atomic mass is 10.3. The molecule has 1 N–H and O–H groups in total. The van der Waals surface area contributed by atoms with Crippen LogP contribution in [0.1, 0.15) is 6.92 Å². The first-order valence-electron chi connectivity index (χ1n) is 4.88. The largest absolute Gasteiger partial charge is 0.452 e. The number of furan rings is 1. The average molecular weight is 267 g/mol. The lowest BCUT2D eigenvalue weighted by Crippen LogP contribution is -2.51. The minimum absolute atomic E-state index is 0. The van der Waals surface area contributed by atoms with Gasteiger partial charge in [-0.2, -0.15) is 4.31 Å². The van der Waals surface area contributed by atoms with Crippen LogP contribution in [-0.2, 0) is 10.0 Å². The summed E-state index contributed by atoms with van der Waals surface area (Å²) in [6, 6.07) is 3.24. The van der Waals surface area contributed by atoms with Gasteiger partial charge in [0.25, 0.3) is 10.0 Å². The molecule has 16 heavy (non-hydrogen) atoms. The third-order valence-corrected chi connectivity index (χ3v) is 4.17. The van der Waals surface area contributed by atoms with E-state index >= 15 is 0 Å². The predicted octanol–water partition coefficient (Wildman–Crippen LogP) is 0.684. The molecule has 0 aliphatic carbocycles. The second kappa shape index (κ2) is 5.18. The minimum Gasteiger partial charge on any atom is -0.452 e. The van der Waals surface area contributed by atoms with Crippen LogP contribution in [0.15, 0.2) is 27.9 Å². The Bertz CT molecular complexity index is 418. The number of hydrogen-bond donors (Lipinski definition) is 1. The molecule has 1 unspecified atom stereocenters. The smallest absolute Gasteiger partial charge is 0.276 e. The van der Waals surface area contributed by atoms with Crippen LogP contribution in [0.3, 0.4) is 0 Å². The Morgan fingerprint density at radius 1 is 1.56 bits per heavy atom. The van der Waals surface area contributed by atoms with E-state index in [1.807, 2.05) is 6.92 Å². The molecule has 0 saturated carbocycles. The summed E-state index contributed by atoms with van der Waals surface area (Å²) >= 11 is 0. The molecular formula is C9H15ClN2O3S. The maximum absolute atomic E-state index is 12.0. The molecule has 5 nitrogen and oxygen atoms in total. The third kappa shape index (κ3) is 2.57. The molecular weight excluding hydrogens is 252 g/mol. The van der Waals surface area contributed by atoms with E-state index in [0.29, 0.717) is 19.6 Å². The lowest BCUT2D eigenvalue weighted by molar-refractivity contribution is 0.301. The van der Waals surface area contributed by atoms with E-state index in [9.17, 15) is 8.42 Å². The van der Waals surface area contributed by atoms with Crippen molar-refractivity contribution in [3.63, 3.8) is 0 Å². The predicted molar refractivity (Wildman–Crippen MR) is 62.2 cm³/mol. The van der Waals surface area contributed by atoms with E-state index in [1.54, 1.807) is 6.07 Å². The first-order valence-corrected chi connectivity index (χ1v) is 6.32. The molecule has 0 bridgehead atoms. The van der Waals surface area contributed by atoms with Crippen molar-refractivity contribution >= 4 is 22.4 Å². The molecule has 1 atom stereocenters. The van der Waals surface area contributed by atoms with Crippen LogP contribution in [0.4, 0.5) is 0 Å². The normalized spacial score (nSPS) is 22.7. The molecule has 0 radical (unpaired) electrons. The first-order chi connectivity index (χ1) is 7.10. The van der Waals surface area contributed by atoms with E-state index in [1.165, 1.54) is 16.6 Å². The van der Waals surface area contributed by atoms with Crippen molar-refractivity contribution in [3.05, 3.63) is 18.4 Å². The molecule has 1 aromatic heterocycles. The van der Waals surface area contributed by atoms with Gasteiger partial charge >= 0.3 is 0 Å². The second-order valence-corrected chi connectivity index (χ2v) is 5.52. The van der Waals surface area contributed by atoms with Crippen molar-refractivity contribution < 1.29 is 12.8 Å². The second-order valence-electron chi connectivity index (χ2n) is 3.65. The molecule has 2 heterocycles. The summed E-state index contributed by atoms with van der Waals surface area (Å²) in [4.78, 5) is 0. The first kappa shape index (κ1) is 13.5.